The smallest absolute Gasteiger partial charge is 0.263 e. The van der Waals surface area contributed by atoms with Crippen molar-refractivity contribution in [1.82, 2.24) is 9.55 Å². The molecule has 3 nitrogen and oxygen atoms in total. The van der Waals surface area contributed by atoms with E-state index >= 15 is 0 Å². The van der Waals surface area contributed by atoms with Crippen molar-refractivity contribution in [3.63, 3.8) is 0 Å². The first-order valence-corrected chi connectivity index (χ1v) is 10.3. The van der Waals surface area contributed by atoms with E-state index in [1.54, 1.807) is 23.1 Å². The Labute approximate surface area is 149 Å². The van der Waals surface area contributed by atoms with E-state index < -0.39 is 0 Å². The molecule has 0 saturated carbocycles. The van der Waals surface area contributed by atoms with Gasteiger partial charge < -0.3 is 0 Å². The van der Waals surface area contributed by atoms with Crippen molar-refractivity contribution in [2.75, 3.05) is 6.26 Å². The number of thioether (sulfide) groups is 1. The van der Waals surface area contributed by atoms with Crippen LogP contribution in [0.25, 0.3) is 10.2 Å². The van der Waals surface area contributed by atoms with Crippen LogP contribution in [0.3, 0.4) is 0 Å². The van der Waals surface area contributed by atoms with Gasteiger partial charge in [0.15, 0.2) is 5.16 Å². The van der Waals surface area contributed by atoms with Gasteiger partial charge in [-0.25, -0.2) is 4.98 Å². The molecular weight excluding hydrogens is 336 g/mol. The maximum absolute atomic E-state index is 13.3. The summed E-state index contributed by atoms with van der Waals surface area (Å²) in [5.74, 6) is 0.650. The highest BCUT2D eigenvalue weighted by molar-refractivity contribution is 7.98. The molecular formula is C19H20N2OS2. The van der Waals surface area contributed by atoms with Crippen LogP contribution in [0.4, 0.5) is 0 Å². The highest BCUT2D eigenvalue weighted by atomic mass is 32.2. The first-order valence-electron chi connectivity index (χ1n) is 8.30. The third-order valence-corrected chi connectivity index (χ3v) is 6.60. The standard InChI is InChI=1S/C19H20N2OS2/c1-12-8-9-15-14(10-12)16-17(24-15)20-19(23-2)21(18(16)22)11-13-6-4-3-5-7-13/h3-7,12H,8-11H2,1-2H3/t12-/m1/s1. The van der Waals surface area contributed by atoms with Crippen LogP contribution in [0.15, 0.2) is 40.3 Å². The van der Waals surface area contributed by atoms with E-state index in [4.69, 9.17) is 4.98 Å². The number of hydrogen-bond donors (Lipinski definition) is 0. The average molecular weight is 357 g/mol. The zero-order valence-corrected chi connectivity index (χ0v) is 15.5. The minimum absolute atomic E-state index is 0.125. The van der Waals surface area contributed by atoms with Crippen molar-refractivity contribution < 1.29 is 0 Å². The highest BCUT2D eigenvalue weighted by Gasteiger charge is 2.24. The molecule has 0 bridgehead atoms. The summed E-state index contributed by atoms with van der Waals surface area (Å²) in [6, 6.07) is 10.1. The third-order valence-electron chi connectivity index (χ3n) is 4.74. The predicted octanol–water partition coefficient (Wildman–Crippen LogP) is 4.35. The van der Waals surface area contributed by atoms with E-state index in [-0.39, 0.29) is 5.56 Å². The summed E-state index contributed by atoms with van der Waals surface area (Å²) in [6.45, 7) is 2.86. The van der Waals surface area contributed by atoms with Crippen LogP contribution in [-0.2, 0) is 19.4 Å². The fraction of sp³-hybridized carbons (Fsp3) is 0.368. The van der Waals surface area contributed by atoms with Gasteiger partial charge in [-0.2, -0.15) is 0 Å². The number of aryl methyl sites for hydroxylation is 1. The van der Waals surface area contributed by atoms with Crippen LogP contribution in [0, 0.1) is 5.92 Å². The van der Waals surface area contributed by atoms with E-state index in [2.05, 4.69) is 19.1 Å². The van der Waals surface area contributed by atoms with Gasteiger partial charge in [-0.1, -0.05) is 49.0 Å². The maximum atomic E-state index is 13.3. The number of thiophene rings is 1. The van der Waals surface area contributed by atoms with Crippen molar-refractivity contribution in [3.8, 4) is 0 Å². The Bertz CT molecular complexity index is 943. The monoisotopic (exact) mass is 356 g/mol. The maximum Gasteiger partial charge on any atom is 0.263 e. The number of benzene rings is 1. The molecule has 1 aliphatic carbocycles. The molecule has 0 fully saturated rings. The number of aromatic nitrogens is 2. The number of hydrogen-bond acceptors (Lipinski definition) is 4. The second-order valence-electron chi connectivity index (χ2n) is 6.51. The van der Waals surface area contributed by atoms with Crippen molar-refractivity contribution in [1.29, 1.82) is 0 Å². The summed E-state index contributed by atoms with van der Waals surface area (Å²) in [5.41, 5.74) is 2.52. The summed E-state index contributed by atoms with van der Waals surface area (Å²) in [6.07, 6.45) is 5.30. The van der Waals surface area contributed by atoms with E-state index in [0.29, 0.717) is 12.5 Å². The number of rotatable bonds is 3. The Morgan fingerprint density at radius 2 is 2.12 bits per heavy atom. The van der Waals surface area contributed by atoms with E-state index in [1.165, 1.54) is 16.9 Å². The summed E-state index contributed by atoms with van der Waals surface area (Å²) < 4.78 is 1.84. The largest absolute Gasteiger partial charge is 0.283 e. The van der Waals surface area contributed by atoms with E-state index in [0.717, 1.165) is 33.8 Å². The third kappa shape index (κ3) is 2.70. The van der Waals surface area contributed by atoms with Crippen molar-refractivity contribution in [3.05, 3.63) is 56.7 Å². The minimum atomic E-state index is 0.125. The van der Waals surface area contributed by atoms with Gasteiger partial charge in [0.25, 0.3) is 5.56 Å². The molecule has 0 spiro atoms. The molecule has 2 aromatic heterocycles. The summed E-state index contributed by atoms with van der Waals surface area (Å²) in [5, 5.41) is 1.68. The molecule has 2 heterocycles. The lowest BCUT2D eigenvalue weighted by Crippen LogP contribution is -2.24. The average Bonchev–Trinajstić information content (AvgIpc) is 2.95. The molecule has 24 heavy (non-hydrogen) atoms. The zero-order valence-electron chi connectivity index (χ0n) is 13.9. The molecule has 0 amide bonds. The van der Waals surface area contributed by atoms with Crippen LogP contribution in [-0.4, -0.2) is 15.8 Å². The van der Waals surface area contributed by atoms with Gasteiger partial charge in [0, 0.05) is 4.88 Å². The van der Waals surface area contributed by atoms with Crippen molar-refractivity contribution in [2.24, 2.45) is 5.92 Å². The van der Waals surface area contributed by atoms with Crippen LogP contribution in [0.5, 0.6) is 0 Å². The van der Waals surface area contributed by atoms with Gasteiger partial charge in [-0.05, 0) is 42.6 Å². The van der Waals surface area contributed by atoms with Crippen molar-refractivity contribution in [2.45, 2.75) is 37.9 Å². The lowest BCUT2D eigenvalue weighted by atomic mass is 9.89. The molecule has 0 aliphatic heterocycles. The molecule has 0 radical (unpaired) electrons. The SMILES string of the molecule is CSc1nc2sc3c(c2c(=O)n1Cc1ccccc1)C[C@H](C)CC3. The van der Waals surface area contributed by atoms with Gasteiger partial charge in [0.05, 0.1) is 11.9 Å². The second kappa shape index (κ2) is 6.37. The molecule has 0 saturated heterocycles. The normalized spacial score (nSPS) is 17.2. The molecule has 1 aromatic carbocycles. The van der Waals surface area contributed by atoms with Crippen LogP contribution in [0.1, 0.15) is 29.3 Å². The van der Waals surface area contributed by atoms with Crippen molar-refractivity contribution >= 4 is 33.3 Å². The molecule has 0 N–H and O–H groups in total. The zero-order chi connectivity index (χ0) is 16.7. The molecule has 0 unspecified atom stereocenters. The fourth-order valence-electron chi connectivity index (χ4n) is 3.47. The van der Waals surface area contributed by atoms with Gasteiger partial charge in [-0.3, -0.25) is 9.36 Å². The Balaban J connectivity index is 1.91. The first kappa shape index (κ1) is 15.9. The molecule has 1 aliphatic rings. The summed E-state index contributed by atoms with van der Waals surface area (Å²) >= 11 is 3.27. The Hall–Kier alpha value is -1.59. The van der Waals surface area contributed by atoms with Crippen LogP contribution >= 0.6 is 23.1 Å². The topological polar surface area (TPSA) is 34.9 Å². The molecule has 1 atom stereocenters. The molecule has 5 heteroatoms. The summed E-state index contributed by atoms with van der Waals surface area (Å²) in [7, 11) is 0. The Morgan fingerprint density at radius 1 is 1.33 bits per heavy atom. The van der Waals surface area contributed by atoms with E-state index in [9.17, 15) is 4.79 Å². The number of nitrogens with zero attached hydrogens (tertiary/aromatic N) is 2. The minimum Gasteiger partial charge on any atom is -0.283 e. The molecule has 4 rings (SSSR count). The fourth-order valence-corrected chi connectivity index (χ4v) is 5.29. The Kier molecular flexibility index (Phi) is 4.22. The predicted molar refractivity (Wildman–Crippen MR) is 102 cm³/mol. The van der Waals surface area contributed by atoms with Crippen LogP contribution in [0.2, 0.25) is 0 Å². The molecule has 124 valence electrons. The van der Waals surface area contributed by atoms with Gasteiger partial charge >= 0.3 is 0 Å². The van der Waals surface area contributed by atoms with Gasteiger partial charge in [0.1, 0.15) is 4.83 Å². The van der Waals surface area contributed by atoms with Gasteiger partial charge in [0.2, 0.25) is 0 Å². The Morgan fingerprint density at radius 3 is 2.88 bits per heavy atom. The number of fused-ring (bicyclic) bond motifs is 3. The highest BCUT2D eigenvalue weighted by Crippen LogP contribution is 2.36. The lowest BCUT2D eigenvalue weighted by molar-refractivity contribution is 0.508. The van der Waals surface area contributed by atoms with Crippen LogP contribution < -0.4 is 5.56 Å². The van der Waals surface area contributed by atoms with E-state index in [1.807, 2.05) is 29.0 Å². The first-order chi connectivity index (χ1) is 11.7. The quantitative estimate of drug-likeness (QED) is 0.517. The second-order valence-corrected chi connectivity index (χ2v) is 8.36. The summed E-state index contributed by atoms with van der Waals surface area (Å²) in [4.78, 5) is 20.4. The lowest BCUT2D eigenvalue weighted by Gasteiger charge is -2.18. The molecule has 3 aromatic rings. The van der Waals surface area contributed by atoms with Gasteiger partial charge in [-0.15, -0.1) is 11.3 Å².